The number of fused-ring (bicyclic) bond motifs is 1. The molecule has 2 spiro atoms. The lowest BCUT2D eigenvalue weighted by Gasteiger charge is -2.69. The highest BCUT2D eigenvalue weighted by molar-refractivity contribution is 6.03. The molecular formula is C32H38O11. The second-order valence-corrected chi connectivity index (χ2v) is 13.7. The molecule has 6 rings (SSSR count). The number of carbonyl (C=O) groups is 5. The number of esters is 5. The molecule has 0 N–H and O–H groups in total. The molecule has 0 aromatic heterocycles. The highest BCUT2D eigenvalue weighted by Crippen LogP contribution is 2.85. The monoisotopic (exact) mass is 598 g/mol. The maximum Gasteiger partial charge on any atom is 0.345 e. The Hall–Kier alpha value is -3.47. The molecule has 2 aliphatic carbocycles. The Balaban J connectivity index is 1.76. The van der Waals surface area contributed by atoms with Crippen molar-refractivity contribution in [1.82, 2.24) is 0 Å². The minimum Gasteiger partial charge on any atom is -0.459 e. The molecule has 232 valence electrons. The summed E-state index contributed by atoms with van der Waals surface area (Å²) in [6.45, 7) is 21.6. The van der Waals surface area contributed by atoms with Crippen molar-refractivity contribution in [1.29, 1.82) is 0 Å². The van der Waals surface area contributed by atoms with E-state index in [0.717, 1.165) is 0 Å². The van der Waals surface area contributed by atoms with Crippen molar-refractivity contribution in [3.63, 3.8) is 0 Å². The molecule has 11 nitrogen and oxygen atoms in total. The third-order valence-corrected chi connectivity index (χ3v) is 11.9. The fourth-order valence-corrected chi connectivity index (χ4v) is 9.62. The molecule has 0 amide bonds. The Morgan fingerprint density at radius 2 is 1.60 bits per heavy atom. The Morgan fingerprint density at radius 3 is 2.19 bits per heavy atom. The molecule has 3 bridgehead atoms. The molecule has 0 aromatic carbocycles. The summed E-state index contributed by atoms with van der Waals surface area (Å²) in [5, 5.41) is 0. The number of rotatable bonds is 3. The van der Waals surface area contributed by atoms with Crippen LogP contribution in [0.4, 0.5) is 0 Å². The van der Waals surface area contributed by atoms with Gasteiger partial charge in [0.25, 0.3) is 0 Å². The summed E-state index contributed by atoms with van der Waals surface area (Å²) in [5.41, 5.74) is -10.8. The van der Waals surface area contributed by atoms with E-state index >= 15 is 0 Å². The van der Waals surface area contributed by atoms with E-state index in [0.29, 0.717) is 11.1 Å². The van der Waals surface area contributed by atoms with Crippen LogP contribution < -0.4 is 0 Å². The molecule has 11 heteroatoms. The molecule has 4 heterocycles. The second kappa shape index (κ2) is 8.16. The van der Waals surface area contributed by atoms with Gasteiger partial charge in [-0.1, -0.05) is 26.2 Å². The van der Waals surface area contributed by atoms with Crippen LogP contribution in [-0.2, 0) is 52.4 Å². The minimum absolute atomic E-state index is 0.0240. The average molecular weight is 599 g/mol. The van der Waals surface area contributed by atoms with Crippen LogP contribution in [0, 0.1) is 16.2 Å². The first-order valence-electron chi connectivity index (χ1n) is 14.6. The first-order valence-corrected chi connectivity index (χ1v) is 14.6. The summed E-state index contributed by atoms with van der Waals surface area (Å²) in [7, 11) is 0. The normalized spacial score (nSPS) is 47.4. The third-order valence-electron chi connectivity index (χ3n) is 11.9. The topological polar surface area (TPSA) is 141 Å². The van der Waals surface area contributed by atoms with Gasteiger partial charge in [-0.15, -0.1) is 0 Å². The van der Waals surface area contributed by atoms with E-state index in [4.69, 9.17) is 28.4 Å². The summed E-state index contributed by atoms with van der Waals surface area (Å²) in [4.78, 5) is 67.7. The van der Waals surface area contributed by atoms with E-state index in [-0.39, 0.29) is 24.8 Å². The molecule has 43 heavy (non-hydrogen) atoms. The maximum atomic E-state index is 14.4. The summed E-state index contributed by atoms with van der Waals surface area (Å²) >= 11 is 0. The smallest absolute Gasteiger partial charge is 0.345 e. The fraction of sp³-hybridized carbons (Fsp3) is 0.656. The molecule has 0 radical (unpaired) electrons. The van der Waals surface area contributed by atoms with Crippen molar-refractivity contribution in [3.8, 4) is 0 Å². The predicted molar refractivity (Wildman–Crippen MR) is 147 cm³/mol. The van der Waals surface area contributed by atoms with Gasteiger partial charge in [0.1, 0.15) is 28.8 Å². The van der Waals surface area contributed by atoms with Gasteiger partial charge < -0.3 is 28.4 Å². The maximum absolute atomic E-state index is 14.4. The van der Waals surface area contributed by atoms with Gasteiger partial charge in [0.2, 0.25) is 5.60 Å². The number of allylic oxidation sites excluding steroid dienone is 1. The van der Waals surface area contributed by atoms with Crippen molar-refractivity contribution in [3.05, 3.63) is 36.0 Å². The Morgan fingerprint density at radius 1 is 0.953 bits per heavy atom. The third kappa shape index (κ3) is 2.72. The number of hydrogen-bond donors (Lipinski definition) is 0. The number of carbonyl (C=O) groups excluding carboxylic acids is 5. The standard InChI is InChI=1S/C32H38O11/c1-11-15(2)22(35)40-20-14-29(13-12-21(34)41-26(29,7)8)17(4)31-23(39-19(6)33)27(9)16(3)30(28(20,31)10)24(36)38-18(5)32(30,43-31)25(37)42-27/h11,18,20,23H,3-4,12-14H2,1-2,5-10H3/b15-11+/t18-,20-,23-,27+,28-,29+,30+,31+,32-/m0/s1. The minimum atomic E-state index is -2.07. The number of ether oxygens (including phenoxy) is 6. The number of hydrogen-bond acceptors (Lipinski definition) is 11. The van der Waals surface area contributed by atoms with Gasteiger partial charge in [-0.25, -0.2) is 9.59 Å². The molecule has 2 saturated carbocycles. The molecule has 4 saturated heterocycles. The summed E-state index contributed by atoms with van der Waals surface area (Å²) in [6, 6.07) is 0. The SMILES string of the molecule is C=C1[C@@]2(CCC(=O)OC2(C)C)C[C@H](OC(=O)/C(C)=C/C)[C@@]2(C)[C@]34C(=C)[C@@]5(C)OC(=O)[C@@]3(O[C@@]12[C@H]5OC(C)=O)[C@H](C)OC4=O. The molecule has 6 aliphatic rings. The van der Waals surface area contributed by atoms with Crippen LogP contribution in [0.3, 0.4) is 0 Å². The van der Waals surface area contributed by atoms with Crippen LogP contribution >= 0.6 is 0 Å². The van der Waals surface area contributed by atoms with E-state index in [1.807, 2.05) is 0 Å². The van der Waals surface area contributed by atoms with Gasteiger partial charge >= 0.3 is 29.8 Å². The van der Waals surface area contributed by atoms with Crippen LogP contribution in [0.15, 0.2) is 36.0 Å². The van der Waals surface area contributed by atoms with Crippen molar-refractivity contribution in [2.24, 2.45) is 16.2 Å². The van der Waals surface area contributed by atoms with Crippen molar-refractivity contribution < 1.29 is 52.4 Å². The van der Waals surface area contributed by atoms with Crippen LogP contribution in [0.5, 0.6) is 0 Å². The predicted octanol–water partition coefficient (Wildman–Crippen LogP) is 3.19. The summed E-state index contributed by atoms with van der Waals surface area (Å²) in [6.07, 6.45) is -1.81. The molecule has 0 aromatic rings. The Kier molecular flexibility index (Phi) is 5.62. The van der Waals surface area contributed by atoms with Crippen molar-refractivity contribution >= 4 is 29.8 Å². The first kappa shape index (κ1) is 29.6. The van der Waals surface area contributed by atoms with E-state index in [1.165, 1.54) is 20.8 Å². The Labute approximate surface area is 249 Å². The zero-order valence-corrected chi connectivity index (χ0v) is 25.8. The fourth-order valence-electron chi connectivity index (χ4n) is 9.62. The Bertz CT molecular complexity index is 1490. The quantitative estimate of drug-likeness (QED) is 0.205. The van der Waals surface area contributed by atoms with Crippen LogP contribution in [0.2, 0.25) is 0 Å². The number of cyclic esters (lactones) is 2. The molecule has 9 atom stereocenters. The zero-order chi connectivity index (χ0) is 31.9. The van der Waals surface area contributed by atoms with Gasteiger partial charge in [0.05, 0.1) is 5.41 Å². The van der Waals surface area contributed by atoms with E-state index < -0.39 is 86.8 Å². The summed E-state index contributed by atoms with van der Waals surface area (Å²) in [5.74, 6) is -3.43. The van der Waals surface area contributed by atoms with Crippen molar-refractivity contribution in [2.45, 2.75) is 115 Å². The van der Waals surface area contributed by atoms with Gasteiger partial charge in [-0.05, 0) is 65.5 Å². The lowest BCUT2D eigenvalue weighted by atomic mass is 9.34. The molecule has 6 fully saturated rings. The van der Waals surface area contributed by atoms with Crippen molar-refractivity contribution in [2.75, 3.05) is 0 Å². The van der Waals surface area contributed by atoms with Crippen LogP contribution in [0.25, 0.3) is 0 Å². The van der Waals surface area contributed by atoms with Gasteiger partial charge in [0, 0.05) is 24.3 Å². The van der Waals surface area contributed by atoms with E-state index in [9.17, 15) is 24.0 Å². The van der Waals surface area contributed by atoms with Gasteiger partial charge in [0.15, 0.2) is 11.7 Å². The molecular weight excluding hydrogens is 560 g/mol. The molecule has 4 aliphatic heterocycles. The van der Waals surface area contributed by atoms with Crippen LogP contribution in [-0.4, -0.2) is 70.6 Å². The zero-order valence-electron chi connectivity index (χ0n) is 25.8. The largest absolute Gasteiger partial charge is 0.459 e. The van der Waals surface area contributed by atoms with Gasteiger partial charge in [-0.2, -0.15) is 0 Å². The first-order chi connectivity index (χ1) is 19.8. The highest BCUT2D eigenvalue weighted by atomic mass is 16.7. The van der Waals surface area contributed by atoms with E-state index in [1.54, 1.807) is 40.7 Å². The average Bonchev–Trinajstić information content (AvgIpc) is 3.23. The van der Waals surface area contributed by atoms with Gasteiger partial charge in [-0.3, -0.25) is 14.4 Å². The highest BCUT2D eigenvalue weighted by Gasteiger charge is 3.01. The second-order valence-electron chi connectivity index (χ2n) is 13.7. The van der Waals surface area contributed by atoms with E-state index in [2.05, 4.69) is 13.2 Å². The van der Waals surface area contributed by atoms with Crippen LogP contribution in [0.1, 0.15) is 74.7 Å². The lowest BCUT2D eigenvalue weighted by molar-refractivity contribution is -0.272. The lowest BCUT2D eigenvalue weighted by Crippen LogP contribution is -2.82. The molecule has 0 unspecified atom stereocenters. The summed E-state index contributed by atoms with van der Waals surface area (Å²) < 4.78 is 37.3.